The molecule has 2 aliphatic rings. The minimum atomic E-state index is -0.661. The van der Waals surface area contributed by atoms with Gasteiger partial charge in [-0.15, -0.1) is 24.8 Å². The number of hydrogen-bond donors (Lipinski definition) is 2. The molecule has 1 unspecified atom stereocenters. The van der Waals surface area contributed by atoms with E-state index in [1.54, 1.807) is 7.11 Å². The van der Waals surface area contributed by atoms with Crippen molar-refractivity contribution < 1.29 is 9.53 Å². The van der Waals surface area contributed by atoms with E-state index >= 15 is 0 Å². The summed E-state index contributed by atoms with van der Waals surface area (Å²) < 4.78 is 6.70. The molecule has 0 bridgehead atoms. The molecule has 2 N–H and O–H groups in total. The molecule has 2 aliphatic heterocycles. The first-order chi connectivity index (χ1) is 11.1. The van der Waals surface area contributed by atoms with E-state index in [4.69, 9.17) is 4.74 Å². The summed E-state index contributed by atoms with van der Waals surface area (Å²) in [6.07, 6.45) is 2.43. The van der Waals surface area contributed by atoms with E-state index in [0.29, 0.717) is 0 Å². The zero-order valence-electron chi connectivity index (χ0n) is 14.3. The molecule has 0 saturated carbocycles. The minimum absolute atomic E-state index is 0. The average molecular weight is 455 g/mol. The summed E-state index contributed by atoms with van der Waals surface area (Å²) in [6.45, 7) is 3.45. The average Bonchev–Trinajstić information content (AvgIpc) is 3.04. The van der Waals surface area contributed by atoms with Gasteiger partial charge in [0.15, 0.2) is 0 Å². The number of anilines is 1. The van der Waals surface area contributed by atoms with Crippen molar-refractivity contribution in [3.63, 3.8) is 0 Å². The molecule has 0 aliphatic carbocycles. The lowest BCUT2D eigenvalue weighted by Crippen LogP contribution is -2.56. The summed E-state index contributed by atoms with van der Waals surface area (Å²) >= 11 is 3.60. The number of para-hydroxylation sites is 1. The molecule has 2 saturated heterocycles. The Morgan fingerprint density at radius 2 is 2.00 bits per heavy atom. The molecular weight excluding hydrogens is 429 g/mol. The van der Waals surface area contributed by atoms with Crippen LogP contribution in [0.5, 0.6) is 0 Å². The Balaban J connectivity index is 0.00000156. The molecular formula is C17H26BrCl2N3O2. The molecule has 3 rings (SSSR count). The molecule has 2 fully saturated rings. The Kier molecular flexibility index (Phi) is 8.98. The second kappa shape index (κ2) is 9.97. The van der Waals surface area contributed by atoms with E-state index in [-0.39, 0.29) is 36.8 Å². The van der Waals surface area contributed by atoms with Gasteiger partial charge in [-0.1, -0.05) is 12.1 Å². The molecule has 1 amide bonds. The summed E-state index contributed by atoms with van der Waals surface area (Å²) in [5.41, 5.74) is 0.527. The molecule has 0 spiro atoms. The first kappa shape index (κ1) is 22.5. The first-order valence-electron chi connectivity index (χ1n) is 8.21. The molecule has 0 aromatic heterocycles. The van der Waals surface area contributed by atoms with E-state index in [0.717, 1.165) is 49.9 Å². The van der Waals surface area contributed by atoms with Crippen molar-refractivity contribution in [3.8, 4) is 0 Å². The Labute approximate surface area is 170 Å². The van der Waals surface area contributed by atoms with E-state index < -0.39 is 5.60 Å². The van der Waals surface area contributed by atoms with Crippen molar-refractivity contribution in [1.82, 2.24) is 10.6 Å². The predicted molar refractivity (Wildman–Crippen MR) is 109 cm³/mol. The maximum atomic E-state index is 12.7. The third kappa shape index (κ3) is 5.01. The van der Waals surface area contributed by atoms with Gasteiger partial charge in [0.05, 0.1) is 5.69 Å². The number of rotatable bonds is 4. The highest BCUT2D eigenvalue weighted by Crippen LogP contribution is 2.29. The normalized spacial score (nSPS) is 21.8. The van der Waals surface area contributed by atoms with Crippen LogP contribution in [0.15, 0.2) is 28.7 Å². The number of piperidine rings is 1. The fourth-order valence-corrected chi connectivity index (χ4v) is 4.01. The summed E-state index contributed by atoms with van der Waals surface area (Å²) in [7, 11) is 1.65. The van der Waals surface area contributed by atoms with Gasteiger partial charge >= 0.3 is 0 Å². The number of nitrogens with zero attached hydrogens (tertiary/aromatic N) is 1. The number of halogens is 3. The largest absolute Gasteiger partial charge is 0.368 e. The number of ether oxygens (including phenoxy) is 1. The molecule has 25 heavy (non-hydrogen) atoms. The fourth-order valence-electron chi connectivity index (χ4n) is 3.48. The van der Waals surface area contributed by atoms with Crippen LogP contribution in [-0.4, -0.2) is 50.8 Å². The second-order valence-corrected chi connectivity index (χ2v) is 7.16. The van der Waals surface area contributed by atoms with Gasteiger partial charge in [-0.2, -0.15) is 0 Å². The molecule has 0 radical (unpaired) electrons. The summed E-state index contributed by atoms with van der Waals surface area (Å²) in [5.74, 6) is 0.0421. The minimum Gasteiger partial charge on any atom is -0.368 e. The van der Waals surface area contributed by atoms with E-state index in [9.17, 15) is 4.79 Å². The zero-order chi connectivity index (χ0) is 16.3. The van der Waals surface area contributed by atoms with Gasteiger partial charge in [0, 0.05) is 30.7 Å². The maximum absolute atomic E-state index is 12.7. The van der Waals surface area contributed by atoms with Crippen LogP contribution in [0.25, 0.3) is 0 Å². The lowest BCUT2D eigenvalue weighted by atomic mass is 9.90. The Bertz CT molecular complexity index is 571. The smallest absolute Gasteiger partial charge is 0.252 e. The van der Waals surface area contributed by atoms with Gasteiger partial charge in [-0.05, 0) is 60.4 Å². The number of carbonyl (C=O) groups excluding carboxylic acids is 1. The van der Waals surface area contributed by atoms with Gasteiger partial charge in [-0.3, -0.25) is 4.79 Å². The predicted octanol–water partition coefficient (Wildman–Crippen LogP) is 2.76. The van der Waals surface area contributed by atoms with Crippen LogP contribution in [0.4, 0.5) is 5.69 Å². The van der Waals surface area contributed by atoms with Crippen molar-refractivity contribution in [2.75, 3.05) is 38.2 Å². The summed E-state index contributed by atoms with van der Waals surface area (Å²) in [5, 5.41) is 6.49. The fraction of sp³-hybridized carbons (Fsp3) is 0.588. The monoisotopic (exact) mass is 453 g/mol. The van der Waals surface area contributed by atoms with Gasteiger partial charge in [0.25, 0.3) is 5.91 Å². The summed E-state index contributed by atoms with van der Waals surface area (Å²) in [4.78, 5) is 15.0. The quantitative estimate of drug-likeness (QED) is 0.734. The first-order valence-corrected chi connectivity index (χ1v) is 9.00. The van der Waals surface area contributed by atoms with Crippen molar-refractivity contribution in [3.05, 3.63) is 28.7 Å². The molecule has 142 valence electrons. The molecule has 1 atom stereocenters. The molecule has 2 heterocycles. The van der Waals surface area contributed by atoms with Crippen LogP contribution in [0.1, 0.15) is 19.3 Å². The van der Waals surface area contributed by atoms with Crippen LogP contribution in [0.2, 0.25) is 0 Å². The van der Waals surface area contributed by atoms with Crippen LogP contribution in [-0.2, 0) is 9.53 Å². The highest BCUT2D eigenvalue weighted by Gasteiger charge is 2.41. The topological polar surface area (TPSA) is 53.6 Å². The van der Waals surface area contributed by atoms with Crippen molar-refractivity contribution in [1.29, 1.82) is 0 Å². The van der Waals surface area contributed by atoms with Crippen LogP contribution in [0, 0.1) is 0 Å². The van der Waals surface area contributed by atoms with Crippen LogP contribution >= 0.6 is 40.7 Å². The SMILES string of the molecule is COC1(C(=O)NC2CCN(c3ccccc3Br)C2)CCNCC1.Cl.Cl. The summed E-state index contributed by atoms with van der Waals surface area (Å²) in [6, 6.07) is 8.40. The third-order valence-electron chi connectivity index (χ3n) is 4.93. The van der Waals surface area contributed by atoms with E-state index in [1.165, 1.54) is 5.69 Å². The van der Waals surface area contributed by atoms with Crippen molar-refractivity contribution >= 4 is 52.3 Å². The van der Waals surface area contributed by atoms with Gasteiger partial charge in [0.2, 0.25) is 0 Å². The number of nitrogens with one attached hydrogen (secondary N) is 2. The van der Waals surface area contributed by atoms with Crippen LogP contribution in [0.3, 0.4) is 0 Å². The lowest BCUT2D eigenvalue weighted by Gasteiger charge is -2.35. The Morgan fingerprint density at radius 1 is 1.32 bits per heavy atom. The van der Waals surface area contributed by atoms with Crippen molar-refractivity contribution in [2.24, 2.45) is 0 Å². The highest BCUT2D eigenvalue weighted by molar-refractivity contribution is 9.10. The third-order valence-corrected chi connectivity index (χ3v) is 5.60. The number of amides is 1. The number of methoxy groups -OCH3 is 1. The standard InChI is InChI=1S/C17H24BrN3O2.2ClH/c1-23-17(7-9-19-10-8-17)16(22)20-13-6-11-21(12-13)15-5-3-2-4-14(15)18;;/h2-5,13,19H,6-12H2,1H3,(H,20,22);2*1H. The van der Waals surface area contributed by atoms with E-state index in [1.807, 2.05) is 12.1 Å². The lowest BCUT2D eigenvalue weighted by molar-refractivity contribution is -0.147. The zero-order valence-corrected chi connectivity index (χ0v) is 17.5. The van der Waals surface area contributed by atoms with Gasteiger partial charge in [0.1, 0.15) is 5.60 Å². The Morgan fingerprint density at radius 3 is 2.64 bits per heavy atom. The number of hydrogen-bond acceptors (Lipinski definition) is 4. The molecule has 1 aromatic carbocycles. The second-order valence-electron chi connectivity index (χ2n) is 6.30. The van der Waals surface area contributed by atoms with Crippen LogP contribution < -0.4 is 15.5 Å². The maximum Gasteiger partial charge on any atom is 0.252 e. The molecule has 5 nitrogen and oxygen atoms in total. The Hall–Kier alpha value is -0.530. The number of benzene rings is 1. The van der Waals surface area contributed by atoms with Gasteiger partial charge < -0.3 is 20.3 Å². The number of carbonyl (C=O) groups is 1. The van der Waals surface area contributed by atoms with Crippen molar-refractivity contribution in [2.45, 2.75) is 30.9 Å². The van der Waals surface area contributed by atoms with E-state index in [2.05, 4.69) is 43.6 Å². The molecule has 8 heteroatoms. The van der Waals surface area contributed by atoms with Gasteiger partial charge in [-0.25, -0.2) is 0 Å². The molecule has 1 aromatic rings. The highest BCUT2D eigenvalue weighted by atomic mass is 79.9.